The van der Waals surface area contributed by atoms with Crippen LogP contribution >= 0.6 is 0 Å². The highest BCUT2D eigenvalue weighted by Crippen LogP contribution is 2.38. The van der Waals surface area contributed by atoms with E-state index in [0.717, 1.165) is 70.9 Å². The van der Waals surface area contributed by atoms with Gasteiger partial charge in [0.2, 0.25) is 0 Å². The number of methoxy groups -OCH3 is 2. The zero-order valence-corrected chi connectivity index (χ0v) is 47.8. The second kappa shape index (κ2) is 25.7. The van der Waals surface area contributed by atoms with E-state index in [1.165, 1.54) is 0 Å². The van der Waals surface area contributed by atoms with Crippen LogP contribution in [0.3, 0.4) is 0 Å². The molecule has 0 saturated carbocycles. The number of pyridine rings is 2. The van der Waals surface area contributed by atoms with Crippen LogP contribution < -0.4 is 29.6 Å². The standard InChI is InChI=1S/C31H37N5O5.C31H35N5O5/c2*1-31(2,3)41-30(38)35-17-5-6-23(19-35)33-28-27-26(40-25-13-9-22(20-37)10-14-25)15-16-32-29(27)36(34-28)18-21-7-11-24(39-4)12-8-21/h7-16,23,37H,5-6,17-20H2,1-4H3,(H,33,34);7-16,20,23H,5-6,17-19H2,1-4H3,(H,33,34)/t2*23-/m11/s1. The van der Waals surface area contributed by atoms with Crippen molar-refractivity contribution in [2.45, 2.75) is 110 Å². The van der Waals surface area contributed by atoms with Crippen molar-refractivity contribution >= 4 is 52.2 Å². The minimum atomic E-state index is -0.560. The minimum Gasteiger partial charge on any atom is -0.497 e. The zero-order chi connectivity index (χ0) is 58.0. The number of aromatic nitrogens is 6. The molecule has 2 amide bonds. The Hall–Kier alpha value is -8.91. The smallest absolute Gasteiger partial charge is 0.410 e. The van der Waals surface area contributed by atoms with Crippen LogP contribution in [-0.2, 0) is 29.2 Å². The van der Waals surface area contributed by atoms with Gasteiger partial charge in [0.15, 0.2) is 22.9 Å². The lowest BCUT2D eigenvalue weighted by atomic mass is 10.1. The van der Waals surface area contributed by atoms with Crippen molar-refractivity contribution in [3.8, 4) is 34.5 Å². The summed E-state index contributed by atoms with van der Waals surface area (Å²) in [5, 5.41) is 27.9. The van der Waals surface area contributed by atoms with E-state index < -0.39 is 11.2 Å². The van der Waals surface area contributed by atoms with Crippen molar-refractivity contribution in [3.05, 3.63) is 144 Å². The lowest BCUT2D eigenvalue weighted by Crippen LogP contribution is -2.47. The van der Waals surface area contributed by atoms with E-state index >= 15 is 0 Å². The number of aldehydes is 1. The van der Waals surface area contributed by atoms with Crippen molar-refractivity contribution in [2.24, 2.45) is 0 Å². The van der Waals surface area contributed by atoms with Crippen LogP contribution in [0.2, 0.25) is 0 Å². The fourth-order valence-corrected chi connectivity index (χ4v) is 9.63. The normalized spacial score (nSPS) is 15.5. The number of nitrogens with zero attached hydrogens (tertiary/aromatic N) is 8. The van der Waals surface area contributed by atoms with Crippen molar-refractivity contribution in [2.75, 3.05) is 51.0 Å². The summed E-state index contributed by atoms with van der Waals surface area (Å²) in [6.07, 6.45) is 7.01. The predicted molar refractivity (Wildman–Crippen MR) is 312 cm³/mol. The summed E-state index contributed by atoms with van der Waals surface area (Å²) in [4.78, 5) is 49.5. The van der Waals surface area contributed by atoms with Crippen molar-refractivity contribution in [1.29, 1.82) is 0 Å². The molecule has 0 unspecified atom stereocenters. The van der Waals surface area contributed by atoms with Gasteiger partial charge in [0.05, 0.1) is 33.9 Å². The number of nitrogens with one attached hydrogen (secondary N) is 2. The Morgan fingerprint density at radius 2 is 0.963 bits per heavy atom. The number of rotatable bonds is 16. The maximum absolute atomic E-state index is 12.8. The predicted octanol–water partition coefficient (Wildman–Crippen LogP) is 11.5. The molecule has 4 aromatic carbocycles. The number of hydrogen-bond acceptors (Lipinski definition) is 16. The summed E-state index contributed by atoms with van der Waals surface area (Å²) in [6.45, 7) is 14.5. The molecular formula is C62H72N10O10. The van der Waals surface area contributed by atoms with Gasteiger partial charge in [-0.1, -0.05) is 36.4 Å². The molecule has 10 rings (SSSR count). The van der Waals surface area contributed by atoms with E-state index in [1.807, 2.05) is 130 Å². The number of aliphatic hydroxyl groups excluding tert-OH is 1. The lowest BCUT2D eigenvalue weighted by Gasteiger charge is -2.34. The van der Waals surface area contributed by atoms with Crippen LogP contribution in [0.1, 0.15) is 94.3 Å². The van der Waals surface area contributed by atoms with Gasteiger partial charge in [-0.05, 0) is 145 Å². The highest BCUT2D eigenvalue weighted by atomic mass is 16.6. The Morgan fingerprint density at radius 3 is 1.34 bits per heavy atom. The van der Waals surface area contributed by atoms with Crippen LogP contribution in [0.4, 0.5) is 21.2 Å². The molecule has 2 saturated heterocycles. The average Bonchev–Trinajstić information content (AvgIpc) is 4.24. The Kier molecular flexibility index (Phi) is 18.1. The summed E-state index contributed by atoms with van der Waals surface area (Å²) in [5.74, 6) is 5.24. The van der Waals surface area contributed by atoms with Crippen molar-refractivity contribution in [3.63, 3.8) is 0 Å². The molecule has 0 aliphatic carbocycles. The number of likely N-dealkylation sites (tertiary alicyclic amines) is 2. The summed E-state index contributed by atoms with van der Waals surface area (Å²) < 4.78 is 38.1. The highest BCUT2D eigenvalue weighted by molar-refractivity contribution is 5.94. The third-order valence-corrected chi connectivity index (χ3v) is 13.6. The average molecular weight is 1120 g/mol. The van der Waals surface area contributed by atoms with Crippen LogP contribution in [-0.4, -0.2) is 127 Å². The van der Waals surface area contributed by atoms with Gasteiger partial charge in [0, 0.05) is 68.4 Å². The minimum absolute atomic E-state index is 0.0271. The number of fused-ring (bicyclic) bond motifs is 2. The van der Waals surface area contributed by atoms with Crippen LogP contribution in [0, 0.1) is 0 Å². The number of aliphatic hydroxyl groups is 1. The molecule has 3 N–H and O–H groups in total. The number of ether oxygens (including phenoxy) is 6. The molecule has 2 aliphatic rings. The lowest BCUT2D eigenvalue weighted by molar-refractivity contribution is 0.0196. The van der Waals surface area contributed by atoms with E-state index in [1.54, 1.807) is 66.7 Å². The fourth-order valence-electron chi connectivity index (χ4n) is 9.63. The first kappa shape index (κ1) is 57.8. The second-order valence-corrected chi connectivity index (χ2v) is 22.2. The first-order chi connectivity index (χ1) is 39.4. The van der Waals surface area contributed by atoms with E-state index in [2.05, 4.69) is 20.6 Å². The summed E-state index contributed by atoms with van der Waals surface area (Å²) in [7, 11) is 3.28. The van der Waals surface area contributed by atoms with Gasteiger partial charge in [-0.15, -0.1) is 0 Å². The molecule has 0 spiro atoms. The van der Waals surface area contributed by atoms with E-state index in [9.17, 15) is 19.5 Å². The number of benzene rings is 4. The molecule has 82 heavy (non-hydrogen) atoms. The molecule has 2 atom stereocenters. The topological polar surface area (TPSA) is 219 Å². The molecule has 0 radical (unpaired) electrons. The third kappa shape index (κ3) is 14.9. The van der Waals surface area contributed by atoms with Gasteiger partial charge in [-0.2, -0.15) is 10.2 Å². The number of piperidine rings is 2. The maximum atomic E-state index is 12.8. The summed E-state index contributed by atoms with van der Waals surface area (Å²) >= 11 is 0. The van der Waals surface area contributed by atoms with Gasteiger partial charge in [0.25, 0.3) is 0 Å². The summed E-state index contributed by atoms with van der Waals surface area (Å²) in [5.41, 5.74) is 3.67. The number of hydrogen-bond donors (Lipinski definition) is 3. The van der Waals surface area contributed by atoms with E-state index in [-0.39, 0.29) is 30.9 Å². The third-order valence-electron chi connectivity index (χ3n) is 13.6. The second-order valence-electron chi connectivity index (χ2n) is 22.2. The molecule has 8 aromatic rings. The first-order valence-corrected chi connectivity index (χ1v) is 27.5. The van der Waals surface area contributed by atoms with Crippen LogP contribution in [0.15, 0.2) is 122 Å². The van der Waals surface area contributed by atoms with Crippen LogP contribution in [0.25, 0.3) is 22.1 Å². The number of anilines is 2. The van der Waals surface area contributed by atoms with Crippen molar-refractivity contribution < 1.29 is 47.9 Å². The Labute approximate surface area is 477 Å². The van der Waals surface area contributed by atoms with E-state index in [4.69, 9.17) is 38.6 Å². The molecule has 0 bridgehead atoms. The molecule has 4 aromatic heterocycles. The monoisotopic (exact) mass is 1120 g/mol. The first-order valence-electron chi connectivity index (χ1n) is 27.5. The highest BCUT2D eigenvalue weighted by Gasteiger charge is 2.31. The van der Waals surface area contributed by atoms with Gasteiger partial charge < -0.3 is 54.0 Å². The quantitative estimate of drug-likeness (QED) is 0.0766. The van der Waals surface area contributed by atoms with E-state index in [0.29, 0.717) is 90.8 Å². The van der Waals surface area contributed by atoms with Gasteiger partial charge in [-0.3, -0.25) is 4.79 Å². The fraction of sp³-hybridized carbons (Fsp3) is 0.371. The molecular weight excluding hydrogens is 1040 g/mol. The Bertz CT molecular complexity index is 3450. The molecule has 6 heterocycles. The SMILES string of the molecule is COc1ccc(Cn2nc(N[C@@H]3CCCN(C(=O)OC(C)(C)C)C3)c3c(Oc4ccc(C=O)cc4)ccnc32)cc1.COc1ccc(Cn2nc(N[C@@H]3CCCN(C(=O)OC(C)(C)C)C3)c3c(Oc4ccc(CO)cc4)ccnc32)cc1. The van der Waals surface area contributed by atoms with Gasteiger partial charge >= 0.3 is 12.2 Å². The number of carbonyl (C=O) groups is 3. The zero-order valence-electron chi connectivity index (χ0n) is 47.8. The maximum Gasteiger partial charge on any atom is 0.410 e. The molecule has 2 fully saturated rings. The number of amides is 2. The van der Waals surface area contributed by atoms with Crippen LogP contribution in [0.5, 0.6) is 34.5 Å². The molecule has 2 aliphatic heterocycles. The van der Waals surface area contributed by atoms with Gasteiger partial charge in [0.1, 0.15) is 62.8 Å². The molecule has 20 nitrogen and oxygen atoms in total. The Morgan fingerprint density at radius 1 is 0.573 bits per heavy atom. The Balaban J connectivity index is 0.000000198. The summed E-state index contributed by atoms with van der Waals surface area (Å²) in [6, 6.07) is 33.5. The largest absolute Gasteiger partial charge is 0.497 e. The van der Waals surface area contributed by atoms with Crippen molar-refractivity contribution in [1.82, 2.24) is 39.3 Å². The molecule has 20 heteroatoms. The van der Waals surface area contributed by atoms with Gasteiger partial charge in [-0.25, -0.2) is 28.9 Å². The number of carbonyl (C=O) groups excluding carboxylic acids is 3. The molecule has 430 valence electrons.